The summed E-state index contributed by atoms with van der Waals surface area (Å²) in [7, 11) is -3.56. The molecule has 2 aromatic rings. The van der Waals surface area contributed by atoms with Crippen molar-refractivity contribution in [3.63, 3.8) is 0 Å². The molecule has 2 N–H and O–H groups in total. The number of benzene rings is 1. The van der Waals surface area contributed by atoms with Gasteiger partial charge < -0.3 is 15.1 Å². The number of anilines is 1. The lowest BCUT2D eigenvalue weighted by Crippen LogP contribution is -2.50. The largest absolute Gasteiger partial charge is 0.459 e. The smallest absolute Gasteiger partial charge is 0.287 e. The fourth-order valence-electron chi connectivity index (χ4n) is 3.28. The number of rotatable bonds is 8. The molecular formula is C20H25N3O5S. The molecule has 2 amide bonds. The van der Waals surface area contributed by atoms with Crippen LogP contribution in [0.4, 0.5) is 5.69 Å². The summed E-state index contributed by atoms with van der Waals surface area (Å²) in [4.78, 5) is 24.7. The molecule has 29 heavy (non-hydrogen) atoms. The predicted octanol–water partition coefficient (Wildman–Crippen LogP) is 1.54. The molecular weight excluding hydrogens is 394 g/mol. The summed E-state index contributed by atoms with van der Waals surface area (Å²) < 4.78 is 31.8. The Morgan fingerprint density at radius 3 is 2.62 bits per heavy atom. The van der Waals surface area contributed by atoms with E-state index in [2.05, 4.69) is 10.6 Å². The van der Waals surface area contributed by atoms with E-state index in [0.717, 1.165) is 5.56 Å². The zero-order valence-electron chi connectivity index (χ0n) is 16.4. The monoisotopic (exact) mass is 419 g/mol. The van der Waals surface area contributed by atoms with E-state index in [1.54, 1.807) is 26.0 Å². The first-order chi connectivity index (χ1) is 13.8. The molecule has 0 saturated heterocycles. The van der Waals surface area contributed by atoms with E-state index in [1.807, 2.05) is 18.2 Å². The molecule has 0 spiro atoms. The van der Waals surface area contributed by atoms with E-state index in [1.165, 1.54) is 16.6 Å². The zero-order valence-corrected chi connectivity index (χ0v) is 17.2. The van der Waals surface area contributed by atoms with Gasteiger partial charge in [-0.2, -0.15) is 0 Å². The second-order valence-corrected chi connectivity index (χ2v) is 9.24. The van der Waals surface area contributed by atoms with Crippen molar-refractivity contribution in [3.8, 4) is 0 Å². The van der Waals surface area contributed by atoms with E-state index in [9.17, 15) is 18.0 Å². The van der Waals surface area contributed by atoms with E-state index in [0.29, 0.717) is 18.7 Å². The first-order valence-electron chi connectivity index (χ1n) is 9.50. The molecule has 1 unspecified atom stereocenters. The summed E-state index contributed by atoms with van der Waals surface area (Å²) in [5.74, 6) is -1.22. The summed E-state index contributed by atoms with van der Waals surface area (Å²) in [6.07, 6.45) is 2.05. The number of hydrogen-bond donors (Lipinski definition) is 2. The van der Waals surface area contributed by atoms with E-state index >= 15 is 0 Å². The highest BCUT2D eigenvalue weighted by atomic mass is 32.2. The molecule has 1 aromatic heterocycles. The molecule has 1 aliphatic heterocycles. The number of amides is 2. The van der Waals surface area contributed by atoms with Crippen molar-refractivity contribution in [2.45, 2.75) is 26.3 Å². The van der Waals surface area contributed by atoms with Crippen LogP contribution in [0, 0.1) is 5.92 Å². The van der Waals surface area contributed by atoms with Crippen LogP contribution in [0.25, 0.3) is 0 Å². The number of para-hydroxylation sites is 1. The molecule has 1 atom stereocenters. The van der Waals surface area contributed by atoms with Crippen LogP contribution in [-0.4, -0.2) is 45.1 Å². The zero-order chi connectivity index (χ0) is 21.0. The minimum atomic E-state index is -3.56. The average molecular weight is 420 g/mol. The van der Waals surface area contributed by atoms with Crippen LogP contribution in [0.2, 0.25) is 0 Å². The normalized spacial score (nSPS) is 14.5. The van der Waals surface area contributed by atoms with Crippen LogP contribution in [0.15, 0.2) is 47.1 Å². The van der Waals surface area contributed by atoms with Gasteiger partial charge >= 0.3 is 0 Å². The molecule has 1 aromatic carbocycles. The topological polar surface area (TPSA) is 109 Å². The van der Waals surface area contributed by atoms with Crippen molar-refractivity contribution in [1.29, 1.82) is 0 Å². The quantitative estimate of drug-likeness (QED) is 0.675. The van der Waals surface area contributed by atoms with Crippen molar-refractivity contribution in [2.75, 3.05) is 23.1 Å². The van der Waals surface area contributed by atoms with Crippen LogP contribution < -0.4 is 14.9 Å². The highest BCUT2D eigenvalue weighted by Gasteiger charge is 2.30. The Balaban J connectivity index is 1.57. The second kappa shape index (κ2) is 8.69. The highest BCUT2D eigenvalue weighted by Crippen LogP contribution is 2.29. The molecule has 0 aliphatic carbocycles. The van der Waals surface area contributed by atoms with Gasteiger partial charge in [-0.15, -0.1) is 0 Å². The molecule has 8 nitrogen and oxygen atoms in total. The van der Waals surface area contributed by atoms with E-state index < -0.39 is 27.9 Å². The minimum absolute atomic E-state index is 0.0420. The lowest BCUT2D eigenvalue weighted by Gasteiger charge is -2.22. The van der Waals surface area contributed by atoms with Gasteiger partial charge in [0.25, 0.3) is 5.91 Å². The van der Waals surface area contributed by atoms with Crippen molar-refractivity contribution in [1.82, 2.24) is 10.6 Å². The third-order valence-corrected chi connectivity index (χ3v) is 6.59. The van der Waals surface area contributed by atoms with Crippen LogP contribution in [0.1, 0.15) is 30.0 Å². The third kappa shape index (κ3) is 4.79. The number of carbonyl (C=O) groups excluding carboxylic acids is 2. The predicted molar refractivity (Wildman–Crippen MR) is 109 cm³/mol. The number of hydrogen-bond acceptors (Lipinski definition) is 5. The first kappa shape index (κ1) is 20.9. The number of nitrogens with zero attached hydrogens (tertiary/aromatic N) is 1. The van der Waals surface area contributed by atoms with Crippen LogP contribution in [-0.2, 0) is 21.2 Å². The summed E-state index contributed by atoms with van der Waals surface area (Å²) in [5.41, 5.74) is 1.70. The van der Waals surface area contributed by atoms with Crippen LogP contribution in [0.3, 0.4) is 0 Å². The average Bonchev–Trinajstić information content (AvgIpc) is 3.35. The molecule has 0 bridgehead atoms. The fraction of sp³-hybridized carbons (Fsp3) is 0.400. The number of sulfonamides is 1. The van der Waals surface area contributed by atoms with Gasteiger partial charge in [0.15, 0.2) is 5.76 Å². The highest BCUT2D eigenvalue weighted by molar-refractivity contribution is 7.92. The van der Waals surface area contributed by atoms with Gasteiger partial charge in [-0.3, -0.25) is 13.9 Å². The Labute approximate surface area is 170 Å². The number of nitrogens with one attached hydrogen (secondary N) is 2. The maximum Gasteiger partial charge on any atom is 0.287 e. The fourth-order valence-corrected chi connectivity index (χ4v) is 4.70. The van der Waals surface area contributed by atoms with E-state index in [4.69, 9.17) is 4.42 Å². The van der Waals surface area contributed by atoms with Crippen molar-refractivity contribution >= 4 is 27.5 Å². The van der Waals surface area contributed by atoms with Crippen molar-refractivity contribution in [2.24, 2.45) is 5.92 Å². The molecule has 9 heteroatoms. The second-order valence-electron chi connectivity index (χ2n) is 7.23. The molecule has 156 valence electrons. The molecule has 0 fully saturated rings. The summed E-state index contributed by atoms with van der Waals surface area (Å²) >= 11 is 0. The Bertz CT molecular complexity index is 970. The Hall–Kier alpha value is -2.81. The lowest BCUT2D eigenvalue weighted by atomic mass is 10.0. The van der Waals surface area contributed by atoms with Gasteiger partial charge in [-0.25, -0.2) is 8.42 Å². The maximum absolute atomic E-state index is 12.7. The van der Waals surface area contributed by atoms with Gasteiger partial charge in [0.05, 0.1) is 17.7 Å². The number of furan rings is 1. The van der Waals surface area contributed by atoms with Gasteiger partial charge in [0.2, 0.25) is 15.9 Å². The standard InChI is InChI=1S/C20H25N3O5S/c1-14(2)18(22-19(24)17-8-5-12-28-17)20(25)21-10-13-29(26,27)23-11-9-15-6-3-4-7-16(15)23/h3-8,12,14,18H,9-11,13H2,1-2H3,(H,21,25)(H,22,24). The summed E-state index contributed by atoms with van der Waals surface area (Å²) in [6.45, 7) is 3.96. The van der Waals surface area contributed by atoms with Gasteiger partial charge in [0.1, 0.15) is 6.04 Å². The molecule has 3 rings (SSSR count). The van der Waals surface area contributed by atoms with Gasteiger partial charge in [-0.1, -0.05) is 32.0 Å². The molecule has 0 saturated carbocycles. The van der Waals surface area contributed by atoms with Crippen molar-refractivity contribution < 1.29 is 22.4 Å². The minimum Gasteiger partial charge on any atom is -0.459 e. The van der Waals surface area contributed by atoms with E-state index in [-0.39, 0.29) is 24.0 Å². The number of carbonyl (C=O) groups is 2. The Morgan fingerprint density at radius 2 is 1.93 bits per heavy atom. The van der Waals surface area contributed by atoms with Crippen LogP contribution in [0.5, 0.6) is 0 Å². The lowest BCUT2D eigenvalue weighted by molar-refractivity contribution is -0.123. The SMILES string of the molecule is CC(C)C(NC(=O)c1ccco1)C(=O)NCCS(=O)(=O)N1CCc2ccccc21. The third-order valence-electron chi connectivity index (χ3n) is 4.82. The van der Waals surface area contributed by atoms with Gasteiger partial charge in [-0.05, 0) is 36.1 Å². The van der Waals surface area contributed by atoms with Crippen LogP contribution >= 0.6 is 0 Å². The maximum atomic E-state index is 12.7. The number of fused-ring (bicyclic) bond motifs is 1. The van der Waals surface area contributed by atoms with Crippen molar-refractivity contribution in [3.05, 3.63) is 54.0 Å². The summed E-state index contributed by atoms with van der Waals surface area (Å²) in [5, 5.41) is 5.26. The first-order valence-corrected chi connectivity index (χ1v) is 11.1. The molecule has 2 heterocycles. The Kier molecular flexibility index (Phi) is 6.26. The molecule has 0 radical (unpaired) electrons. The Morgan fingerprint density at radius 1 is 1.17 bits per heavy atom. The summed E-state index contributed by atoms with van der Waals surface area (Å²) in [6, 6.07) is 9.69. The van der Waals surface area contributed by atoms with Gasteiger partial charge in [0, 0.05) is 13.1 Å². The molecule has 1 aliphatic rings.